The van der Waals surface area contributed by atoms with Crippen molar-refractivity contribution >= 4 is 49.7 Å². The highest BCUT2D eigenvalue weighted by Gasteiger charge is 2.26. The molecule has 1 atom stereocenters. The number of hydrogen-bond acceptors (Lipinski definition) is 5. The lowest BCUT2D eigenvalue weighted by molar-refractivity contribution is -0.885. The number of quaternary nitrogens is 1. The van der Waals surface area contributed by atoms with Gasteiger partial charge in [0.25, 0.3) is 11.8 Å². The van der Waals surface area contributed by atoms with E-state index < -0.39 is 5.91 Å². The molecule has 0 saturated heterocycles. The third-order valence-electron chi connectivity index (χ3n) is 4.67. The van der Waals surface area contributed by atoms with Crippen molar-refractivity contribution in [3.8, 4) is 0 Å². The van der Waals surface area contributed by atoms with Crippen molar-refractivity contribution in [1.29, 1.82) is 0 Å². The molecule has 2 aromatic heterocycles. The number of hydrogen-bond donors (Lipinski definition) is 3. The Morgan fingerprint density at radius 2 is 2.07 bits per heavy atom. The molecule has 6 nitrogen and oxygen atoms in total. The van der Waals surface area contributed by atoms with Crippen LogP contribution in [0.15, 0.2) is 24.3 Å². The second-order valence-electron chi connectivity index (χ2n) is 6.86. The van der Waals surface area contributed by atoms with Gasteiger partial charge in [-0.1, -0.05) is 12.1 Å². The molecule has 140 valence electrons. The molecule has 2 amide bonds. The van der Waals surface area contributed by atoms with Crippen LogP contribution in [0.1, 0.15) is 32.2 Å². The summed E-state index contributed by atoms with van der Waals surface area (Å²) in [5, 5.41) is 4.52. The van der Waals surface area contributed by atoms with Gasteiger partial charge in [0.2, 0.25) is 0 Å². The lowest BCUT2D eigenvalue weighted by Crippen LogP contribution is -3.08. The molecule has 2 heterocycles. The fraction of sp³-hybridized carbons (Fsp3) is 0.316. The van der Waals surface area contributed by atoms with E-state index in [4.69, 9.17) is 5.73 Å². The topological polar surface area (TPSA) is 89.5 Å². The number of nitrogens with two attached hydrogens (primary N) is 1. The van der Waals surface area contributed by atoms with E-state index in [1.807, 2.05) is 25.2 Å². The monoisotopic (exact) mass is 401 g/mol. The standard InChI is InChI=1S/C19H20N4O2S2/c1-23(10-16-21-12-6-2-3-7-14(12)26-16)9-15(24)22-19-17(18(20)25)11-5-4-8-13(11)27-19/h2-3,6-7H,4-5,8-10H2,1H3,(H2,20,25)(H,22,24)/p+1. The van der Waals surface area contributed by atoms with Gasteiger partial charge in [0.15, 0.2) is 6.54 Å². The molecule has 1 unspecified atom stereocenters. The Morgan fingerprint density at radius 3 is 2.85 bits per heavy atom. The molecule has 1 aliphatic rings. The van der Waals surface area contributed by atoms with Crippen LogP contribution in [0.25, 0.3) is 10.2 Å². The van der Waals surface area contributed by atoms with E-state index in [0.717, 1.165) is 45.0 Å². The van der Waals surface area contributed by atoms with Gasteiger partial charge in [-0.25, -0.2) is 4.98 Å². The number of rotatable bonds is 6. The van der Waals surface area contributed by atoms with Crippen molar-refractivity contribution in [3.05, 3.63) is 45.3 Å². The van der Waals surface area contributed by atoms with Crippen molar-refractivity contribution in [3.63, 3.8) is 0 Å². The number of likely N-dealkylation sites (N-methyl/N-ethyl adjacent to an activating group) is 1. The zero-order chi connectivity index (χ0) is 19.0. The van der Waals surface area contributed by atoms with Crippen LogP contribution < -0.4 is 16.0 Å². The Morgan fingerprint density at radius 1 is 1.26 bits per heavy atom. The van der Waals surface area contributed by atoms with E-state index in [-0.39, 0.29) is 5.91 Å². The first-order valence-electron chi connectivity index (χ1n) is 8.91. The number of carbonyl (C=O) groups excluding carboxylic acids is 2. The summed E-state index contributed by atoms with van der Waals surface area (Å²) in [6, 6.07) is 8.03. The molecule has 4 N–H and O–H groups in total. The third kappa shape index (κ3) is 3.73. The maximum Gasteiger partial charge on any atom is 0.280 e. The van der Waals surface area contributed by atoms with Crippen LogP contribution >= 0.6 is 22.7 Å². The Labute approximate surface area is 165 Å². The largest absolute Gasteiger partial charge is 0.365 e. The van der Waals surface area contributed by atoms with E-state index in [0.29, 0.717) is 23.7 Å². The number of thiazole rings is 1. The summed E-state index contributed by atoms with van der Waals surface area (Å²) in [5.74, 6) is -0.573. The zero-order valence-electron chi connectivity index (χ0n) is 15.0. The van der Waals surface area contributed by atoms with Gasteiger partial charge in [-0.3, -0.25) is 9.59 Å². The van der Waals surface area contributed by atoms with Crippen molar-refractivity contribution in [1.82, 2.24) is 4.98 Å². The Kier molecular flexibility index (Phi) is 4.94. The lowest BCUT2D eigenvalue weighted by Gasteiger charge is -2.12. The van der Waals surface area contributed by atoms with Crippen LogP contribution in [0.4, 0.5) is 5.00 Å². The van der Waals surface area contributed by atoms with Gasteiger partial charge in [0.05, 0.1) is 22.8 Å². The lowest BCUT2D eigenvalue weighted by atomic mass is 10.1. The smallest absolute Gasteiger partial charge is 0.280 e. The van der Waals surface area contributed by atoms with E-state index in [9.17, 15) is 9.59 Å². The predicted octanol–water partition coefficient (Wildman–Crippen LogP) is 1.60. The minimum absolute atomic E-state index is 0.115. The van der Waals surface area contributed by atoms with Crippen LogP contribution in [0, 0.1) is 0 Å². The second kappa shape index (κ2) is 7.38. The predicted molar refractivity (Wildman–Crippen MR) is 109 cm³/mol. The summed E-state index contributed by atoms with van der Waals surface area (Å²) >= 11 is 3.14. The van der Waals surface area contributed by atoms with E-state index in [1.54, 1.807) is 11.3 Å². The molecule has 0 fully saturated rings. The Balaban J connectivity index is 1.41. The molecule has 3 aromatic rings. The quantitative estimate of drug-likeness (QED) is 0.586. The zero-order valence-corrected chi connectivity index (χ0v) is 16.6. The molecule has 8 heteroatoms. The van der Waals surface area contributed by atoms with E-state index >= 15 is 0 Å². The molecule has 0 aliphatic heterocycles. The average Bonchev–Trinajstić information content (AvgIpc) is 3.26. The molecule has 4 rings (SSSR count). The van der Waals surface area contributed by atoms with Crippen molar-refractivity contribution < 1.29 is 14.5 Å². The molecule has 0 spiro atoms. The van der Waals surface area contributed by atoms with Crippen molar-refractivity contribution in [2.24, 2.45) is 5.73 Å². The number of nitrogens with one attached hydrogen (secondary N) is 2. The first-order valence-corrected chi connectivity index (χ1v) is 10.5. The fourth-order valence-corrected chi connectivity index (χ4v) is 5.91. The first-order chi connectivity index (χ1) is 13.0. The number of anilines is 1. The fourth-order valence-electron chi connectivity index (χ4n) is 3.51. The molecule has 27 heavy (non-hydrogen) atoms. The van der Waals surface area contributed by atoms with Gasteiger partial charge in [-0.2, -0.15) is 0 Å². The number of fused-ring (bicyclic) bond motifs is 2. The molecule has 0 saturated carbocycles. The number of para-hydroxylation sites is 1. The highest BCUT2D eigenvalue weighted by Crippen LogP contribution is 2.38. The number of aryl methyl sites for hydroxylation is 1. The minimum Gasteiger partial charge on any atom is -0.365 e. The van der Waals surface area contributed by atoms with Gasteiger partial charge in [-0.05, 0) is 37.0 Å². The van der Waals surface area contributed by atoms with Crippen LogP contribution in [0.5, 0.6) is 0 Å². The van der Waals surface area contributed by atoms with Crippen LogP contribution in [0.2, 0.25) is 0 Å². The maximum absolute atomic E-state index is 12.5. The highest BCUT2D eigenvalue weighted by atomic mass is 32.1. The number of benzene rings is 1. The number of carbonyl (C=O) groups is 2. The van der Waals surface area contributed by atoms with E-state index in [2.05, 4.69) is 16.4 Å². The highest BCUT2D eigenvalue weighted by molar-refractivity contribution is 7.18. The van der Waals surface area contributed by atoms with Gasteiger partial charge < -0.3 is 16.0 Å². The summed E-state index contributed by atoms with van der Waals surface area (Å²) in [7, 11) is 1.97. The van der Waals surface area contributed by atoms with Crippen LogP contribution in [-0.4, -0.2) is 30.4 Å². The maximum atomic E-state index is 12.5. The second-order valence-corrected chi connectivity index (χ2v) is 9.08. The van der Waals surface area contributed by atoms with Crippen LogP contribution in [0.3, 0.4) is 0 Å². The minimum atomic E-state index is -0.458. The van der Waals surface area contributed by atoms with Gasteiger partial charge >= 0.3 is 0 Å². The average molecular weight is 402 g/mol. The number of amides is 2. The molecule has 0 bridgehead atoms. The molecular formula is C19H21N4O2S2+. The van der Waals surface area contributed by atoms with Gasteiger partial charge in [-0.15, -0.1) is 22.7 Å². The summed E-state index contributed by atoms with van der Waals surface area (Å²) < 4.78 is 1.16. The van der Waals surface area contributed by atoms with Gasteiger partial charge in [0.1, 0.15) is 16.6 Å². The van der Waals surface area contributed by atoms with E-state index in [1.165, 1.54) is 16.2 Å². The normalized spacial score (nSPS) is 14.3. The molecule has 1 aromatic carbocycles. The van der Waals surface area contributed by atoms with Crippen molar-refractivity contribution in [2.75, 3.05) is 18.9 Å². The summed E-state index contributed by atoms with van der Waals surface area (Å²) in [5.41, 5.74) is 8.08. The molecule has 0 radical (unpaired) electrons. The number of nitrogens with zero attached hydrogens (tertiary/aromatic N) is 1. The number of thiophene rings is 1. The molecule has 1 aliphatic carbocycles. The number of aromatic nitrogens is 1. The van der Waals surface area contributed by atoms with Gasteiger partial charge in [0, 0.05) is 4.88 Å². The van der Waals surface area contributed by atoms with Crippen molar-refractivity contribution in [2.45, 2.75) is 25.8 Å². The summed E-state index contributed by atoms with van der Waals surface area (Å²) in [6.45, 7) is 0.979. The molecular weight excluding hydrogens is 380 g/mol. The third-order valence-corrected chi connectivity index (χ3v) is 6.92. The SMILES string of the molecule is C[NH+](CC(=O)Nc1sc2c(c1C(N)=O)CCC2)Cc1nc2ccccc2s1. The Bertz CT molecular complexity index is 991. The first kappa shape index (κ1) is 18.1. The Hall–Kier alpha value is -2.29. The number of primary amides is 1. The summed E-state index contributed by atoms with van der Waals surface area (Å²) in [4.78, 5) is 31.2. The van der Waals surface area contributed by atoms with Crippen LogP contribution in [-0.2, 0) is 24.2 Å². The summed E-state index contributed by atoms with van der Waals surface area (Å²) in [6.07, 6.45) is 2.87.